The van der Waals surface area contributed by atoms with Gasteiger partial charge >= 0.3 is 0 Å². The molecule has 30 heavy (non-hydrogen) atoms. The zero-order chi connectivity index (χ0) is 20.2. The van der Waals surface area contributed by atoms with E-state index >= 15 is 0 Å². The summed E-state index contributed by atoms with van der Waals surface area (Å²) in [4.78, 5) is 11.6. The summed E-state index contributed by atoms with van der Waals surface area (Å²) in [5, 5.41) is 14.0. The number of aryl methyl sites for hydroxylation is 1. The molecule has 7 heteroatoms. The number of nitrogens with zero attached hydrogens (tertiary/aromatic N) is 4. The third-order valence-electron chi connectivity index (χ3n) is 6.47. The van der Waals surface area contributed by atoms with Gasteiger partial charge in [-0.1, -0.05) is 13.0 Å². The topological polar surface area (TPSA) is 65.7 Å². The minimum Gasteiger partial charge on any atom is -0.508 e. The van der Waals surface area contributed by atoms with Crippen LogP contribution in [-0.2, 0) is 19.4 Å². The highest BCUT2D eigenvalue weighted by molar-refractivity contribution is 14.0. The third-order valence-corrected chi connectivity index (χ3v) is 6.47. The van der Waals surface area contributed by atoms with Gasteiger partial charge in [0, 0.05) is 37.6 Å². The fraction of sp³-hybridized carbons (Fsp3) is 0.565. The first kappa shape index (κ1) is 22.9. The molecule has 164 valence electrons. The molecule has 2 aromatic rings. The number of aromatic hydroxyl groups is 1. The van der Waals surface area contributed by atoms with Gasteiger partial charge in [-0.05, 0) is 62.1 Å². The van der Waals surface area contributed by atoms with E-state index in [2.05, 4.69) is 45.9 Å². The maximum Gasteiger partial charge on any atom is 0.194 e. The molecule has 2 heterocycles. The molecule has 0 bridgehead atoms. The Bertz CT molecular complexity index is 852. The van der Waals surface area contributed by atoms with Crippen molar-refractivity contribution in [2.75, 3.05) is 19.6 Å². The molecule has 2 atom stereocenters. The molecule has 1 aromatic carbocycles. The fourth-order valence-corrected chi connectivity index (χ4v) is 4.74. The van der Waals surface area contributed by atoms with E-state index in [1.807, 2.05) is 18.6 Å². The summed E-state index contributed by atoms with van der Waals surface area (Å²) in [6.07, 6.45) is 11.6. The van der Waals surface area contributed by atoms with Gasteiger partial charge in [-0.3, -0.25) is 0 Å². The Hall–Kier alpha value is -1.77. The van der Waals surface area contributed by atoms with Crippen molar-refractivity contribution < 1.29 is 5.11 Å². The Balaban J connectivity index is 0.00000256. The van der Waals surface area contributed by atoms with E-state index in [1.165, 1.54) is 24.0 Å². The largest absolute Gasteiger partial charge is 0.508 e. The lowest BCUT2D eigenvalue weighted by Gasteiger charge is -2.39. The van der Waals surface area contributed by atoms with Gasteiger partial charge in [0.25, 0.3) is 0 Å². The van der Waals surface area contributed by atoms with E-state index in [0.29, 0.717) is 24.3 Å². The van der Waals surface area contributed by atoms with Crippen molar-refractivity contribution in [2.24, 2.45) is 10.9 Å². The van der Waals surface area contributed by atoms with Crippen LogP contribution in [0.25, 0.3) is 0 Å². The van der Waals surface area contributed by atoms with Crippen LogP contribution in [0.1, 0.15) is 55.8 Å². The summed E-state index contributed by atoms with van der Waals surface area (Å²) in [5.74, 6) is 1.93. The highest BCUT2D eigenvalue weighted by atomic mass is 127. The normalized spacial score (nSPS) is 21.7. The molecule has 0 radical (unpaired) electrons. The summed E-state index contributed by atoms with van der Waals surface area (Å²) < 4.78 is 2.22. The molecule has 1 aliphatic heterocycles. The minimum atomic E-state index is 0. The molecule has 2 N–H and O–H groups in total. The number of nitrogens with one attached hydrogen (secondary N) is 1. The smallest absolute Gasteiger partial charge is 0.194 e. The Morgan fingerprint density at radius 1 is 1.30 bits per heavy atom. The number of piperidine rings is 1. The monoisotopic (exact) mass is 523 g/mol. The minimum absolute atomic E-state index is 0. The first-order chi connectivity index (χ1) is 14.2. The third kappa shape index (κ3) is 4.92. The standard InChI is InChI=1S/C23H33N5O.HI/c1-3-25-23(27-12-10-17(2)21(15-27)28-13-11-24-16-28)26-14-20-19-7-5-4-6-18(19)8-9-22(20)29;/h8-9,11,13,16-17,21,29H,3-7,10,12,14-15H2,1-2H3,(H,25,26);1H. The number of hydrogen-bond acceptors (Lipinski definition) is 3. The number of phenols is 1. The van der Waals surface area contributed by atoms with E-state index in [-0.39, 0.29) is 24.0 Å². The number of rotatable bonds is 4. The van der Waals surface area contributed by atoms with Crippen LogP contribution < -0.4 is 5.32 Å². The molecule has 0 saturated carbocycles. The summed E-state index contributed by atoms with van der Waals surface area (Å²) in [6.45, 7) is 7.70. The predicted molar refractivity (Wildman–Crippen MR) is 132 cm³/mol. The van der Waals surface area contributed by atoms with Crippen LogP contribution in [0.2, 0.25) is 0 Å². The lowest BCUT2D eigenvalue weighted by Crippen LogP contribution is -2.49. The maximum absolute atomic E-state index is 10.5. The number of phenolic OH excluding ortho intramolecular Hbond substituents is 1. The second kappa shape index (κ2) is 10.5. The van der Waals surface area contributed by atoms with E-state index in [4.69, 9.17) is 4.99 Å². The van der Waals surface area contributed by atoms with Gasteiger partial charge in [0.15, 0.2) is 5.96 Å². The number of fused-ring (bicyclic) bond motifs is 1. The lowest BCUT2D eigenvalue weighted by atomic mass is 9.88. The number of likely N-dealkylation sites (tertiary alicyclic amines) is 1. The number of halogens is 1. The number of benzene rings is 1. The van der Waals surface area contributed by atoms with Crippen LogP contribution >= 0.6 is 24.0 Å². The number of aromatic nitrogens is 2. The Morgan fingerprint density at radius 3 is 2.90 bits per heavy atom. The average Bonchev–Trinajstić information content (AvgIpc) is 3.27. The first-order valence-corrected chi connectivity index (χ1v) is 11.0. The summed E-state index contributed by atoms with van der Waals surface area (Å²) in [5.41, 5.74) is 3.71. The zero-order valence-electron chi connectivity index (χ0n) is 18.0. The molecule has 4 rings (SSSR count). The van der Waals surface area contributed by atoms with E-state index in [1.54, 1.807) is 0 Å². The van der Waals surface area contributed by atoms with Crippen molar-refractivity contribution in [1.29, 1.82) is 0 Å². The van der Waals surface area contributed by atoms with Crippen LogP contribution in [0.3, 0.4) is 0 Å². The molecule has 1 saturated heterocycles. The van der Waals surface area contributed by atoms with Crippen molar-refractivity contribution in [2.45, 2.75) is 58.5 Å². The molecule has 1 aliphatic carbocycles. The van der Waals surface area contributed by atoms with Gasteiger partial charge in [-0.25, -0.2) is 9.98 Å². The molecule has 2 unspecified atom stereocenters. The first-order valence-electron chi connectivity index (χ1n) is 11.0. The van der Waals surface area contributed by atoms with Crippen LogP contribution in [0.5, 0.6) is 5.75 Å². The maximum atomic E-state index is 10.5. The quantitative estimate of drug-likeness (QED) is 0.360. The average molecular weight is 523 g/mol. The molecular weight excluding hydrogens is 489 g/mol. The summed E-state index contributed by atoms with van der Waals surface area (Å²) in [6, 6.07) is 4.33. The Morgan fingerprint density at radius 2 is 2.13 bits per heavy atom. The van der Waals surface area contributed by atoms with Gasteiger partial charge < -0.3 is 19.9 Å². The number of hydrogen-bond donors (Lipinski definition) is 2. The highest BCUT2D eigenvalue weighted by Gasteiger charge is 2.29. The molecular formula is C23H34IN5O. The molecule has 1 fully saturated rings. The van der Waals surface area contributed by atoms with Crippen molar-refractivity contribution in [3.63, 3.8) is 0 Å². The van der Waals surface area contributed by atoms with Gasteiger partial charge in [-0.15, -0.1) is 24.0 Å². The van der Waals surface area contributed by atoms with Crippen LogP contribution in [0.15, 0.2) is 35.8 Å². The zero-order valence-corrected chi connectivity index (χ0v) is 20.4. The lowest BCUT2D eigenvalue weighted by molar-refractivity contribution is 0.189. The van der Waals surface area contributed by atoms with Crippen LogP contribution in [-0.4, -0.2) is 45.2 Å². The van der Waals surface area contributed by atoms with Crippen molar-refractivity contribution in [1.82, 2.24) is 19.8 Å². The fourth-order valence-electron chi connectivity index (χ4n) is 4.74. The SMILES string of the molecule is CCNC(=NCc1c(O)ccc2c1CCCC2)N1CCC(C)C(n2ccnc2)C1.I. The summed E-state index contributed by atoms with van der Waals surface area (Å²) >= 11 is 0. The van der Waals surface area contributed by atoms with Crippen molar-refractivity contribution in [3.05, 3.63) is 47.5 Å². The Labute approximate surface area is 196 Å². The van der Waals surface area contributed by atoms with Crippen LogP contribution in [0.4, 0.5) is 0 Å². The highest BCUT2D eigenvalue weighted by Crippen LogP contribution is 2.31. The number of guanidine groups is 1. The predicted octanol–water partition coefficient (Wildman–Crippen LogP) is 4.13. The molecule has 2 aliphatic rings. The molecule has 0 spiro atoms. The van der Waals surface area contributed by atoms with Gasteiger partial charge in [0.2, 0.25) is 0 Å². The number of aliphatic imine (C=N–C) groups is 1. The second-order valence-corrected chi connectivity index (χ2v) is 8.37. The Kier molecular flexibility index (Phi) is 8.02. The van der Waals surface area contributed by atoms with Gasteiger partial charge in [0.05, 0.1) is 18.9 Å². The van der Waals surface area contributed by atoms with E-state index < -0.39 is 0 Å². The molecule has 0 amide bonds. The van der Waals surface area contributed by atoms with Gasteiger partial charge in [0.1, 0.15) is 5.75 Å². The number of imidazole rings is 1. The van der Waals surface area contributed by atoms with E-state index in [9.17, 15) is 5.11 Å². The summed E-state index contributed by atoms with van der Waals surface area (Å²) in [7, 11) is 0. The van der Waals surface area contributed by atoms with E-state index in [0.717, 1.165) is 50.4 Å². The second-order valence-electron chi connectivity index (χ2n) is 8.37. The molecule has 1 aromatic heterocycles. The van der Waals surface area contributed by atoms with Crippen molar-refractivity contribution in [3.8, 4) is 5.75 Å². The van der Waals surface area contributed by atoms with Crippen LogP contribution in [0, 0.1) is 5.92 Å². The van der Waals surface area contributed by atoms with Gasteiger partial charge in [-0.2, -0.15) is 0 Å². The van der Waals surface area contributed by atoms with Crippen molar-refractivity contribution >= 4 is 29.9 Å². The molecule has 6 nitrogen and oxygen atoms in total.